The molecule has 0 spiro atoms. The van der Waals surface area contributed by atoms with Crippen LogP contribution in [0, 0.1) is 0 Å². The number of benzene rings is 2. The van der Waals surface area contributed by atoms with Gasteiger partial charge in [-0.25, -0.2) is 9.97 Å². The number of nitrogen functional groups attached to an aromatic ring is 1. The van der Waals surface area contributed by atoms with E-state index in [-0.39, 0.29) is 11.1 Å². The Hall–Kier alpha value is -3.20. The lowest BCUT2D eigenvalue weighted by Gasteiger charge is -2.14. The van der Waals surface area contributed by atoms with E-state index in [2.05, 4.69) is 20.4 Å². The highest BCUT2D eigenvalue weighted by molar-refractivity contribution is 7.92. The van der Waals surface area contributed by atoms with Crippen molar-refractivity contribution < 1.29 is 9.08 Å². The monoisotopic (exact) mass is 447 g/mol. The van der Waals surface area contributed by atoms with E-state index in [1.807, 2.05) is 75.5 Å². The van der Waals surface area contributed by atoms with Crippen molar-refractivity contribution in [3.8, 4) is 34.0 Å². The lowest BCUT2D eigenvalue weighted by atomic mass is 10.1. The van der Waals surface area contributed by atoms with Gasteiger partial charge in [0, 0.05) is 23.7 Å². The fourth-order valence-electron chi connectivity index (χ4n) is 3.27. The summed E-state index contributed by atoms with van der Waals surface area (Å²) >= 11 is -1.04. The van der Waals surface area contributed by atoms with E-state index < -0.39 is 11.2 Å². The second-order valence-corrected chi connectivity index (χ2v) is 9.67. The number of nitrogens with one attached hydrogen (secondary N) is 1. The van der Waals surface area contributed by atoms with Crippen LogP contribution in [0.5, 0.6) is 0 Å². The molecule has 0 aliphatic carbocycles. The molecule has 7 nitrogen and oxygen atoms in total. The molecule has 2 aromatic heterocycles. The van der Waals surface area contributed by atoms with Gasteiger partial charge in [0.1, 0.15) is 10.9 Å². The fraction of sp³-hybridized carbons (Fsp3) is 0.208. The molecule has 1 atom stereocenters. The minimum absolute atomic E-state index is 0.0592. The fourth-order valence-corrected chi connectivity index (χ4v) is 4.22. The molecule has 0 fully saturated rings. The van der Waals surface area contributed by atoms with E-state index in [4.69, 9.17) is 10.3 Å². The topological polar surface area (TPSA) is 113 Å². The molecule has 2 aromatic carbocycles. The number of rotatable bonds is 7. The summed E-state index contributed by atoms with van der Waals surface area (Å²) in [6, 6.07) is 17.4. The third-order valence-corrected chi connectivity index (χ3v) is 6.58. The molecule has 0 saturated carbocycles. The molecule has 3 N–H and O–H groups in total. The molecule has 0 aliphatic rings. The van der Waals surface area contributed by atoms with Crippen molar-refractivity contribution in [1.82, 2.24) is 20.4 Å². The third kappa shape index (κ3) is 4.67. The van der Waals surface area contributed by atoms with Crippen LogP contribution in [-0.4, -0.2) is 32.0 Å². The zero-order valence-electron chi connectivity index (χ0n) is 18.2. The van der Waals surface area contributed by atoms with E-state index >= 15 is 0 Å². The summed E-state index contributed by atoms with van der Waals surface area (Å²) in [6.07, 6.45) is 1.62. The predicted molar refractivity (Wildman–Crippen MR) is 127 cm³/mol. The number of hydrogen-bond donors (Lipinski definition) is 2. The van der Waals surface area contributed by atoms with Crippen molar-refractivity contribution in [3.05, 3.63) is 66.4 Å². The lowest BCUT2D eigenvalue weighted by molar-refractivity contribution is 0.434. The van der Waals surface area contributed by atoms with Crippen LogP contribution in [0.4, 0.5) is 5.82 Å². The van der Waals surface area contributed by atoms with Crippen molar-refractivity contribution in [3.63, 3.8) is 0 Å². The Morgan fingerprint density at radius 2 is 1.69 bits per heavy atom. The molecule has 164 valence electrons. The van der Waals surface area contributed by atoms with Crippen molar-refractivity contribution >= 4 is 17.0 Å². The maximum Gasteiger partial charge on any atom is 0.189 e. The van der Waals surface area contributed by atoms with Gasteiger partial charge in [0.05, 0.1) is 11.9 Å². The highest BCUT2D eigenvalue weighted by Crippen LogP contribution is 2.30. The minimum atomic E-state index is -1.04. The van der Waals surface area contributed by atoms with Crippen LogP contribution in [0.2, 0.25) is 0 Å². The van der Waals surface area contributed by atoms with E-state index in [1.54, 1.807) is 6.20 Å². The Morgan fingerprint density at radius 1 is 1.03 bits per heavy atom. The molecule has 0 aliphatic heterocycles. The van der Waals surface area contributed by atoms with Crippen molar-refractivity contribution in [2.75, 3.05) is 12.8 Å². The molecule has 2 heterocycles. The molecule has 8 heteroatoms. The molecule has 1 unspecified atom stereocenters. The van der Waals surface area contributed by atoms with E-state index in [0.717, 1.165) is 22.6 Å². The first kappa shape index (κ1) is 22.0. The molecular formula is C24H25N5O2S. The van der Waals surface area contributed by atoms with Gasteiger partial charge in [-0.15, -0.1) is 0 Å². The Kier molecular flexibility index (Phi) is 6.55. The first-order valence-electron chi connectivity index (χ1n) is 10.3. The van der Waals surface area contributed by atoms with Gasteiger partial charge in [0.2, 0.25) is 0 Å². The number of aromatic nitrogens is 3. The van der Waals surface area contributed by atoms with Crippen LogP contribution in [-0.2, 0) is 17.7 Å². The predicted octanol–water partition coefficient (Wildman–Crippen LogP) is 4.28. The average Bonchev–Trinajstić information content (AvgIpc) is 3.30. The van der Waals surface area contributed by atoms with Crippen LogP contribution < -0.4 is 11.1 Å². The molecule has 32 heavy (non-hydrogen) atoms. The van der Waals surface area contributed by atoms with E-state index in [9.17, 15) is 4.55 Å². The summed E-state index contributed by atoms with van der Waals surface area (Å²) in [5.41, 5.74) is 10.8. The first-order chi connectivity index (χ1) is 15.5. The zero-order chi connectivity index (χ0) is 22.7. The van der Waals surface area contributed by atoms with Crippen LogP contribution in [0.3, 0.4) is 0 Å². The quantitative estimate of drug-likeness (QED) is 0.406. The minimum Gasteiger partial charge on any atom is -0.611 e. The second kappa shape index (κ2) is 9.52. The van der Waals surface area contributed by atoms with Gasteiger partial charge >= 0.3 is 0 Å². The van der Waals surface area contributed by atoms with Crippen LogP contribution in [0.25, 0.3) is 34.0 Å². The van der Waals surface area contributed by atoms with Crippen LogP contribution >= 0.6 is 0 Å². The number of anilines is 1. The molecule has 0 bridgehead atoms. The number of hydrogen-bond acceptors (Lipinski definition) is 7. The van der Waals surface area contributed by atoms with Crippen LogP contribution in [0.15, 0.2) is 70.2 Å². The normalized spacial score (nSPS) is 12.3. The largest absolute Gasteiger partial charge is 0.611 e. The first-order valence-corrected chi connectivity index (χ1v) is 11.5. The molecule has 0 saturated heterocycles. The maximum absolute atomic E-state index is 12.3. The van der Waals surface area contributed by atoms with Gasteiger partial charge in [-0.2, -0.15) is 0 Å². The average molecular weight is 448 g/mol. The van der Waals surface area contributed by atoms with Gasteiger partial charge in [-0.3, -0.25) is 0 Å². The second-order valence-electron chi connectivity index (χ2n) is 7.66. The van der Waals surface area contributed by atoms with E-state index in [1.165, 1.54) is 5.56 Å². The Morgan fingerprint density at radius 3 is 2.34 bits per heavy atom. The van der Waals surface area contributed by atoms with Gasteiger partial charge in [0.25, 0.3) is 0 Å². The highest BCUT2D eigenvalue weighted by atomic mass is 32.2. The Bertz CT molecular complexity index is 1190. The Balaban J connectivity index is 1.61. The zero-order valence-corrected chi connectivity index (χ0v) is 19.0. The number of nitrogens with two attached hydrogens (primary N) is 1. The van der Waals surface area contributed by atoms with Gasteiger partial charge in [-0.05, 0) is 61.9 Å². The van der Waals surface area contributed by atoms with Crippen molar-refractivity contribution in [2.24, 2.45) is 0 Å². The molecule has 4 aromatic rings. The summed E-state index contributed by atoms with van der Waals surface area (Å²) in [5, 5.41) is 7.37. The van der Waals surface area contributed by atoms with E-state index in [0.29, 0.717) is 22.8 Å². The van der Waals surface area contributed by atoms with Gasteiger partial charge in [-0.1, -0.05) is 29.4 Å². The molecule has 0 radical (unpaired) electrons. The summed E-state index contributed by atoms with van der Waals surface area (Å²) in [7, 11) is 1.91. The number of nitrogens with zero attached hydrogens (tertiary/aromatic N) is 3. The SMILES string of the molecule is CNCc1ccc(-c2cc(-c3nc(-c4ccc([S+]([O-])C(C)C)cc4)cnc3N)on2)cc1. The summed E-state index contributed by atoms with van der Waals surface area (Å²) < 4.78 is 17.8. The van der Waals surface area contributed by atoms with Crippen molar-refractivity contribution in [2.45, 2.75) is 30.5 Å². The maximum atomic E-state index is 12.3. The molecule has 4 rings (SSSR count). The van der Waals surface area contributed by atoms with Gasteiger partial charge < -0.3 is 20.1 Å². The summed E-state index contributed by atoms with van der Waals surface area (Å²) in [6.45, 7) is 4.67. The standard InChI is InChI=1S/C24H25N5O2S/c1-15(2)32(30)19-10-8-18(9-11-19)21-14-27-24(25)23(28-21)22-12-20(29-31-22)17-6-4-16(5-7-17)13-26-3/h4-12,14-15,26H,13H2,1-3H3,(H2,25,27). The Labute approximate surface area is 190 Å². The summed E-state index contributed by atoms with van der Waals surface area (Å²) in [5.74, 6) is 0.710. The van der Waals surface area contributed by atoms with Crippen LogP contribution in [0.1, 0.15) is 19.4 Å². The third-order valence-electron chi connectivity index (χ3n) is 4.99. The van der Waals surface area contributed by atoms with Crippen molar-refractivity contribution in [1.29, 1.82) is 0 Å². The molecular weight excluding hydrogens is 422 g/mol. The lowest BCUT2D eigenvalue weighted by Crippen LogP contribution is -2.13. The molecule has 0 amide bonds. The smallest absolute Gasteiger partial charge is 0.189 e. The van der Waals surface area contributed by atoms with Gasteiger partial charge in [0.15, 0.2) is 22.2 Å². The highest BCUT2D eigenvalue weighted by Gasteiger charge is 2.17. The summed E-state index contributed by atoms with van der Waals surface area (Å²) in [4.78, 5) is 9.74.